The van der Waals surface area contributed by atoms with Crippen molar-refractivity contribution in [3.63, 3.8) is 0 Å². The fourth-order valence-electron chi connectivity index (χ4n) is 2.94. The highest BCUT2D eigenvalue weighted by Crippen LogP contribution is 2.58. The van der Waals surface area contributed by atoms with Crippen molar-refractivity contribution in [2.75, 3.05) is 5.32 Å². The SMILES string of the molecule is Cn1nnc(-c2cccc(NC(=O)[C@@H]3[C@H](C(=O)O)C3(C)C)c2)n1. The number of anilines is 1. The van der Waals surface area contributed by atoms with Crippen molar-refractivity contribution in [2.45, 2.75) is 13.8 Å². The maximum Gasteiger partial charge on any atom is 0.307 e. The highest BCUT2D eigenvalue weighted by molar-refractivity contribution is 6.00. The number of carboxylic acids is 1. The van der Waals surface area contributed by atoms with E-state index in [4.69, 9.17) is 5.11 Å². The van der Waals surface area contributed by atoms with Gasteiger partial charge in [-0.3, -0.25) is 9.59 Å². The monoisotopic (exact) mass is 315 g/mol. The van der Waals surface area contributed by atoms with E-state index >= 15 is 0 Å². The van der Waals surface area contributed by atoms with Crippen LogP contribution in [0.2, 0.25) is 0 Å². The van der Waals surface area contributed by atoms with Crippen LogP contribution < -0.4 is 5.32 Å². The molecule has 1 aromatic carbocycles. The van der Waals surface area contributed by atoms with Crippen LogP contribution in [0.1, 0.15) is 13.8 Å². The number of amides is 1. The lowest BCUT2D eigenvalue weighted by Crippen LogP contribution is -2.17. The maximum atomic E-state index is 12.3. The molecule has 23 heavy (non-hydrogen) atoms. The van der Waals surface area contributed by atoms with Gasteiger partial charge in [-0.25, -0.2) is 0 Å². The van der Waals surface area contributed by atoms with Crippen molar-refractivity contribution in [1.29, 1.82) is 0 Å². The summed E-state index contributed by atoms with van der Waals surface area (Å²) in [6.45, 7) is 3.58. The Kier molecular flexibility index (Phi) is 3.39. The Morgan fingerprint density at radius 3 is 2.61 bits per heavy atom. The molecule has 0 radical (unpaired) electrons. The van der Waals surface area contributed by atoms with Gasteiger partial charge in [0.15, 0.2) is 0 Å². The van der Waals surface area contributed by atoms with E-state index in [2.05, 4.69) is 20.7 Å². The van der Waals surface area contributed by atoms with Crippen LogP contribution in [0.25, 0.3) is 11.4 Å². The number of benzene rings is 1. The molecule has 1 aromatic heterocycles. The number of tetrazole rings is 1. The number of hydrogen-bond donors (Lipinski definition) is 2. The molecule has 1 amide bonds. The smallest absolute Gasteiger partial charge is 0.307 e. The van der Waals surface area contributed by atoms with Crippen LogP contribution in [0.15, 0.2) is 24.3 Å². The molecule has 1 aliphatic carbocycles. The predicted octanol–water partition coefficient (Wildman–Crippen LogP) is 1.17. The molecule has 1 aliphatic rings. The zero-order chi connectivity index (χ0) is 16.8. The van der Waals surface area contributed by atoms with Crippen molar-refractivity contribution in [3.05, 3.63) is 24.3 Å². The van der Waals surface area contributed by atoms with Crippen molar-refractivity contribution >= 4 is 17.6 Å². The molecular formula is C15H17N5O3. The number of carbonyl (C=O) groups is 2. The molecule has 2 atom stereocenters. The van der Waals surface area contributed by atoms with Gasteiger partial charge >= 0.3 is 5.97 Å². The zero-order valence-corrected chi connectivity index (χ0v) is 13.0. The maximum absolute atomic E-state index is 12.3. The van der Waals surface area contributed by atoms with Crippen molar-refractivity contribution in [3.8, 4) is 11.4 Å². The number of nitrogens with zero attached hydrogens (tertiary/aromatic N) is 4. The average molecular weight is 315 g/mol. The van der Waals surface area contributed by atoms with Crippen LogP contribution in [0.4, 0.5) is 5.69 Å². The fourth-order valence-corrected chi connectivity index (χ4v) is 2.94. The van der Waals surface area contributed by atoms with Gasteiger partial charge in [0.1, 0.15) is 0 Å². The van der Waals surface area contributed by atoms with E-state index in [1.807, 2.05) is 6.07 Å². The molecule has 0 saturated heterocycles. The van der Waals surface area contributed by atoms with Crippen molar-refractivity contribution in [2.24, 2.45) is 24.3 Å². The minimum Gasteiger partial charge on any atom is -0.481 e. The molecule has 0 aliphatic heterocycles. The molecule has 0 unspecified atom stereocenters. The molecule has 8 heteroatoms. The Morgan fingerprint density at radius 1 is 1.30 bits per heavy atom. The quantitative estimate of drug-likeness (QED) is 0.876. The van der Waals surface area contributed by atoms with Crippen LogP contribution in [-0.4, -0.2) is 37.2 Å². The van der Waals surface area contributed by atoms with Crippen molar-refractivity contribution < 1.29 is 14.7 Å². The van der Waals surface area contributed by atoms with Gasteiger partial charge in [0.25, 0.3) is 0 Å². The normalized spacial score (nSPS) is 21.7. The average Bonchev–Trinajstić information content (AvgIpc) is 2.83. The lowest BCUT2D eigenvalue weighted by molar-refractivity contribution is -0.140. The van der Waals surface area contributed by atoms with E-state index in [9.17, 15) is 9.59 Å². The Balaban J connectivity index is 1.76. The van der Waals surface area contributed by atoms with Gasteiger partial charge in [0.05, 0.1) is 18.9 Å². The van der Waals surface area contributed by atoms with Gasteiger partial charge in [-0.05, 0) is 22.8 Å². The Morgan fingerprint density at radius 2 is 2.04 bits per heavy atom. The molecule has 0 bridgehead atoms. The molecule has 8 nitrogen and oxygen atoms in total. The van der Waals surface area contributed by atoms with Crippen LogP contribution in [-0.2, 0) is 16.6 Å². The van der Waals surface area contributed by atoms with Gasteiger partial charge in [-0.1, -0.05) is 26.0 Å². The fraction of sp³-hybridized carbons (Fsp3) is 0.400. The van der Waals surface area contributed by atoms with Crippen LogP contribution in [0, 0.1) is 17.3 Å². The Labute approximate surface area is 132 Å². The second-order valence-electron chi connectivity index (χ2n) is 6.29. The number of hydrogen-bond acceptors (Lipinski definition) is 5. The predicted molar refractivity (Wildman–Crippen MR) is 81.3 cm³/mol. The van der Waals surface area contributed by atoms with Gasteiger partial charge in [-0.15, -0.1) is 10.2 Å². The Bertz CT molecular complexity index is 783. The van der Waals surface area contributed by atoms with E-state index in [0.29, 0.717) is 11.5 Å². The van der Waals surface area contributed by atoms with Gasteiger partial charge < -0.3 is 10.4 Å². The molecule has 2 aromatic rings. The second-order valence-corrected chi connectivity index (χ2v) is 6.29. The third kappa shape index (κ3) is 2.67. The summed E-state index contributed by atoms with van der Waals surface area (Å²) >= 11 is 0. The van der Waals surface area contributed by atoms with Crippen molar-refractivity contribution in [1.82, 2.24) is 20.2 Å². The Hall–Kier alpha value is -2.77. The summed E-state index contributed by atoms with van der Waals surface area (Å²) in [5.41, 5.74) is 0.771. The van der Waals surface area contributed by atoms with Gasteiger partial charge in [-0.2, -0.15) is 4.80 Å². The summed E-state index contributed by atoms with van der Waals surface area (Å²) in [5.74, 6) is -1.94. The number of nitrogens with one attached hydrogen (secondary N) is 1. The number of rotatable bonds is 4. The van der Waals surface area contributed by atoms with E-state index in [1.165, 1.54) is 4.80 Å². The van der Waals surface area contributed by atoms with Crippen LogP contribution in [0.5, 0.6) is 0 Å². The molecule has 1 saturated carbocycles. The first-order chi connectivity index (χ1) is 10.8. The number of carbonyl (C=O) groups excluding carboxylic acids is 1. The van der Waals surface area contributed by atoms with E-state index in [0.717, 1.165) is 5.56 Å². The number of carboxylic acid groups (broad SMARTS) is 1. The lowest BCUT2D eigenvalue weighted by atomic mass is 10.1. The number of aromatic nitrogens is 4. The first-order valence-electron chi connectivity index (χ1n) is 7.19. The van der Waals surface area contributed by atoms with E-state index in [-0.39, 0.29) is 5.91 Å². The van der Waals surface area contributed by atoms with Gasteiger partial charge in [0, 0.05) is 11.3 Å². The summed E-state index contributed by atoms with van der Waals surface area (Å²) in [7, 11) is 1.67. The summed E-state index contributed by atoms with van der Waals surface area (Å²) in [6, 6.07) is 7.06. The summed E-state index contributed by atoms with van der Waals surface area (Å²) in [5, 5.41) is 23.7. The molecule has 0 spiro atoms. The third-order valence-electron chi connectivity index (χ3n) is 4.27. The summed E-state index contributed by atoms with van der Waals surface area (Å²) in [4.78, 5) is 24.9. The topological polar surface area (TPSA) is 110 Å². The molecule has 1 fully saturated rings. The minimum atomic E-state index is -0.937. The first kappa shape index (κ1) is 15.1. The number of aryl methyl sites for hydroxylation is 1. The summed E-state index contributed by atoms with van der Waals surface area (Å²) in [6.07, 6.45) is 0. The van der Waals surface area contributed by atoms with Crippen LogP contribution in [0.3, 0.4) is 0 Å². The molecule has 3 rings (SSSR count). The third-order valence-corrected chi connectivity index (χ3v) is 4.27. The highest BCUT2D eigenvalue weighted by Gasteiger charge is 2.65. The molecule has 2 N–H and O–H groups in total. The number of aliphatic carboxylic acids is 1. The van der Waals surface area contributed by atoms with Gasteiger partial charge in [0.2, 0.25) is 11.7 Å². The minimum absolute atomic E-state index is 0.286. The van der Waals surface area contributed by atoms with Crippen LogP contribution >= 0.6 is 0 Å². The molecule has 120 valence electrons. The highest BCUT2D eigenvalue weighted by atomic mass is 16.4. The molecule has 1 heterocycles. The zero-order valence-electron chi connectivity index (χ0n) is 13.0. The first-order valence-corrected chi connectivity index (χ1v) is 7.19. The standard InChI is InChI=1S/C15H17N5O3/c1-15(2)10(11(15)14(22)23)13(21)16-9-6-4-5-8(7-9)12-17-19-20(3)18-12/h4-7,10-11H,1-3H3,(H,16,21)(H,22,23)/t10-,11+/m0/s1. The largest absolute Gasteiger partial charge is 0.481 e. The molecular weight excluding hydrogens is 298 g/mol. The van der Waals surface area contributed by atoms with E-state index in [1.54, 1.807) is 39.1 Å². The van der Waals surface area contributed by atoms with E-state index < -0.39 is 23.2 Å². The summed E-state index contributed by atoms with van der Waals surface area (Å²) < 4.78 is 0. The second kappa shape index (κ2) is 5.15. The lowest BCUT2D eigenvalue weighted by Gasteiger charge is -2.07.